The van der Waals surface area contributed by atoms with Gasteiger partial charge in [0.2, 0.25) is 0 Å². The van der Waals surface area contributed by atoms with E-state index in [1.807, 2.05) is 24.3 Å². The summed E-state index contributed by atoms with van der Waals surface area (Å²) in [6, 6.07) is 22.4. The van der Waals surface area contributed by atoms with E-state index in [2.05, 4.69) is 84.0 Å². The number of phenolic OH excluding ortho intramolecular Hbond substituents is 1. The number of unbranched alkanes of at least 4 members (excludes halogenated alkanes) is 1. The van der Waals surface area contributed by atoms with Crippen molar-refractivity contribution < 1.29 is 9.90 Å². The van der Waals surface area contributed by atoms with E-state index in [4.69, 9.17) is 5.73 Å². The molecule has 3 aromatic rings. The summed E-state index contributed by atoms with van der Waals surface area (Å²) in [5.74, 6) is 0.402. The largest absolute Gasteiger partial charge is 0.507 e. The Hall–Kier alpha value is -3.27. The maximum absolute atomic E-state index is 12.5. The van der Waals surface area contributed by atoms with Crippen LogP contribution < -0.4 is 10.6 Å². The van der Waals surface area contributed by atoms with Crippen molar-refractivity contribution in [2.75, 3.05) is 11.4 Å². The molecule has 198 valence electrons. The molecule has 4 heteroatoms. The van der Waals surface area contributed by atoms with E-state index in [1.54, 1.807) is 4.90 Å². The summed E-state index contributed by atoms with van der Waals surface area (Å²) in [6.45, 7) is 13.4. The van der Waals surface area contributed by atoms with E-state index in [-0.39, 0.29) is 10.8 Å². The first-order valence-electron chi connectivity index (χ1n) is 13.4. The molecule has 0 aliphatic rings. The number of hydrogen-bond acceptors (Lipinski definition) is 2. The van der Waals surface area contributed by atoms with Gasteiger partial charge < -0.3 is 10.8 Å². The smallest absolute Gasteiger partial charge is 0.319 e. The van der Waals surface area contributed by atoms with Crippen LogP contribution in [-0.4, -0.2) is 17.7 Å². The maximum atomic E-state index is 12.5. The first-order valence-corrected chi connectivity index (χ1v) is 13.4. The number of carbonyl (C=O) groups is 1. The minimum Gasteiger partial charge on any atom is -0.507 e. The van der Waals surface area contributed by atoms with Crippen LogP contribution in [0, 0.1) is 0 Å². The zero-order valence-electron chi connectivity index (χ0n) is 23.5. The molecule has 0 bridgehead atoms. The van der Waals surface area contributed by atoms with Crippen LogP contribution >= 0.6 is 0 Å². The fraction of sp³-hybridized carbons (Fsp3) is 0.424. The second-order valence-electron chi connectivity index (χ2n) is 12.1. The normalized spacial score (nSPS) is 11.9. The molecule has 2 amide bonds. The molecule has 3 aromatic carbocycles. The molecular weight excluding hydrogens is 456 g/mol. The average Bonchev–Trinajstić information content (AvgIpc) is 2.82. The number of carbonyl (C=O) groups excluding carboxylic acids is 1. The Kier molecular flexibility index (Phi) is 9.07. The van der Waals surface area contributed by atoms with Gasteiger partial charge in [-0.1, -0.05) is 102 Å². The summed E-state index contributed by atoms with van der Waals surface area (Å²) in [6.07, 6.45) is 4.46. The van der Waals surface area contributed by atoms with Gasteiger partial charge in [-0.05, 0) is 76.8 Å². The number of aryl methyl sites for hydroxylation is 3. The summed E-state index contributed by atoms with van der Waals surface area (Å²) < 4.78 is 0. The lowest BCUT2D eigenvalue weighted by Gasteiger charge is -2.28. The first kappa shape index (κ1) is 28.3. The van der Waals surface area contributed by atoms with Crippen LogP contribution in [0.5, 0.6) is 5.75 Å². The van der Waals surface area contributed by atoms with Crippen molar-refractivity contribution in [3.8, 4) is 5.75 Å². The molecule has 37 heavy (non-hydrogen) atoms. The quantitative estimate of drug-likeness (QED) is 0.296. The van der Waals surface area contributed by atoms with Gasteiger partial charge in [0, 0.05) is 12.2 Å². The van der Waals surface area contributed by atoms with Crippen LogP contribution in [0.4, 0.5) is 10.5 Å². The maximum Gasteiger partial charge on any atom is 0.319 e. The number of nitrogens with two attached hydrogens (primary N) is 1. The lowest BCUT2D eigenvalue weighted by molar-refractivity contribution is 0.253. The second kappa shape index (κ2) is 11.9. The van der Waals surface area contributed by atoms with E-state index < -0.39 is 6.03 Å². The van der Waals surface area contributed by atoms with Gasteiger partial charge in [0.05, 0.1) is 0 Å². The number of urea groups is 1. The highest BCUT2D eigenvalue weighted by molar-refractivity contribution is 5.91. The van der Waals surface area contributed by atoms with E-state index in [0.29, 0.717) is 12.3 Å². The van der Waals surface area contributed by atoms with Crippen LogP contribution in [0.15, 0.2) is 66.7 Å². The predicted molar refractivity (Wildman–Crippen MR) is 156 cm³/mol. The molecule has 0 radical (unpaired) electrons. The number of amides is 2. The van der Waals surface area contributed by atoms with Gasteiger partial charge in [-0.25, -0.2) is 4.79 Å². The van der Waals surface area contributed by atoms with Crippen molar-refractivity contribution in [1.29, 1.82) is 0 Å². The molecule has 0 fully saturated rings. The lowest BCUT2D eigenvalue weighted by atomic mass is 9.78. The van der Waals surface area contributed by atoms with Gasteiger partial charge in [0.25, 0.3) is 0 Å². The number of nitrogens with zero attached hydrogens (tertiary/aromatic N) is 1. The summed E-state index contributed by atoms with van der Waals surface area (Å²) in [5, 5.41) is 11.1. The van der Waals surface area contributed by atoms with Gasteiger partial charge >= 0.3 is 6.03 Å². The predicted octanol–water partition coefficient (Wildman–Crippen LogP) is 7.68. The number of hydrogen-bond donors (Lipinski definition) is 2. The third-order valence-corrected chi connectivity index (χ3v) is 6.96. The lowest BCUT2D eigenvalue weighted by Crippen LogP contribution is -2.37. The Labute approximate surface area is 223 Å². The fourth-order valence-corrected chi connectivity index (χ4v) is 4.84. The van der Waals surface area contributed by atoms with E-state index in [9.17, 15) is 9.90 Å². The number of benzene rings is 3. The molecule has 0 aliphatic carbocycles. The molecule has 0 aliphatic heterocycles. The van der Waals surface area contributed by atoms with Crippen LogP contribution in [0.3, 0.4) is 0 Å². The van der Waals surface area contributed by atoms with Crippen LogP contribution in [0.25, 0.3) is 0 Å². The summed E-state index contributed by atoms with van der Waals surface area (Å²) >= 11 is 0. The molecule has 3 rings (SSSR count). The van der Waals surface area contributed by atoms with Crippen molar-refractivity contribution in [2.45, 2.75) is 84.5 Å². The van der Waals surface area contributed by atoms with E-state index in [1.165, 1.54) is 11.1 Å². The number of primary amides is 1. The number of rotatable bonds is 9. The van der Waals surface area contributed by atoms with Crippen LogP contribution in [0.1, 0.15) is 82.2 Å². The standard InChI is InChI=1S/C33H44N2O2/c1-32(2,3)27-22-25(23-28(30(27)36)33(4,5)6)19-20-26-17-10-11-18-29(26)35(31(34)37)21-13-12-16-24-14-8-7-9-15-24/h7-11,14-15,17-18,22-23,36H,12-13,16,19-21H2,1-6H3,(H2,34,37). The molecule has 4 nitrogen and oxygen atoms in total. The number of aromatic hydroxyl groups is 1. The Balaban J connectivity index is 1.79. The number of anilines is 1. The van der Waals surface area contributed by atoms with E-state index in [0.717, 1.165) is 54.5 Å². The number of phenols is 1. The van der Waals surface area contributed by atoms with Gasteiger partial charge in [0.15, 0.2) is 0 Å². The first-order chi connectivity index (χ1) is 17.4. The Morgan fingerprint density at radius 1 is 0.757 bits per heavy atom. The Bertz CT molecular complexity index is 1150. The highest BCUT2D eigenvalue weighted by atomic mass is 16.3. The van der Waals surface area contributed by atoms with Crippen molar-refractivity contribution >= 4 is 11.7 Å². The molecule has 0 atom stereocenters. The Morgan fingerprint density at radius 3 is 1.89 bits per heavy atom. The highest BCUT2D eigenvalue weighted by Gasteiger charge is 2.26. The van der Waals surface area contributed by atoms with Gasteiger partial charge in [-0.2, -0.15) is 0 Å². The monoisotopic (exact) mass is 500 g/mol. The minimum absolute atomic E-state index is 0.166. The van der Waals surface area contributed by atoms with Gasteiger partial charge in [-0.15, -0.1) is 0 Å². The molecule has 0 unspecified atom stereocenters. The zero-order valence-corrected chi connectivity index (χ0v) is 23.5. The molecule has 0 aromatic heterocycles. The summed E-state index contributed by atoms with van der Waals surface area (Å²) in [5.41, 5.74) is 12.0. The summed E-state index contributed by atoms with van der Waals surface area (Å²) in [7, 11) is 0. The highest BCUT2D eigenvalue weighted by Crippen LogP contribution is 2.40. The fourth-order valence-electron chi connectivity index (χ4n) is 4.84. The van der Waals surface area contributed by atoms with Crippen molar-refractivity contribution in [3.63, 3.8) is 0 Å². The summed E-state index contributed by atoms with van der Waals surface area (Å²) in [4.78, 5) is 14.2. The number of para-hydroxylation sites is 1. The topological polar surface area (TPSA) is 66.6 Å². The van der Waals surface area contributed by atoms with Crippen LogP contribution in [-0.2, 0) is 30.1 Å². The van der Waals surface area contributed by atoms with Gasteiger partial charge in [-0.3, -0.25) is 4.90 Å². The molecule has 0 heterocycles. The third kappa shape index (κ3) is 7.61. The average molecular weight is 501 g/mol. The molecule has 0 saturated carbocycles. The van der Waals surface area contributed by atoms with Crippen molar-refractivity contribution in [3.05, 3.63) is 94.5 Å². The molecule has 0 saturated heterocycles. The van der Waals surface area contributed by atoms with Crippen LogP contribution in [0.2, 0.25) is 0 Å². The third-order valence-electron chi connectivity index (χ3n) is 6.96. The SMILES string of the molecule is CC(C)(C)c1cc(CCc2ccccc2N(CCCCc2ccccc2)C(N)=O)cc(C(C)(C)C)c1O. The van der Waals surface area contributed by atoms with Gasteiger partial charge in [0.1, 0.15) is 5.75 Å². The molecule has 0 spiro atoms. The van der Waals surface area contributed by atoms with E-state index >= 15 is 0 Å². The molecular formula is C33H44N2O2. The molecule has 3 N–H and O–H groups in total. The zero-order chi connectivity index (χ0) is 27.2. The second-order valence-corrected chi connectivity index (χ2v) is 12.1. The Morgan fingerprint density at radius 2 is 1.32 bits per heavy atom. The van der Waals surface area contributed by atoms with Crippen molar-refractivity contribution in [1.82, 2.24) is 0 Å². The minimum atomic E-state index is -0.415. The van der Waals surface area contributed by atoms with Crippen molar-refractivity contribution in [2.24, 2.45) is 5.73 Å².